The summed E-state index contributed by atoms with van der Waals surface area (Å²) in [7, 11) is 1.93. The highest BCUT2D eigenvalue weighted by molar-refractivity contribution is 7.09. The van der Waals surface area contributed by atoms with Crippen LogP contribution in [0.3, 0.4) is 0 Å². The first-order valence-corrected chi connectivity index (χ1v) is 8.01. The molecule has 6 heteroatoms. The van der Waals surface area contributed by atoms with Crippen LogP contribution in [-0.4, -0.2) is 41.3 Å². The molecular weight excluding hydrogens is 303 g/mol. The van der Waals surface area contributed by atoms with Crippen LogP contribution < -0.4 is 0 Å². The Morgan fingerprint density at radius 2 is 2.18 bits per heavy atom. The Labute approximate surface area is 134 Å². The lowest BCUT2D eigenvalue weighted by Gasteiger charge is -2.19. The largest absolute Gasteiger partial charge is 0.389 e. The van der Waals surface area contributed by atoms with Gasteiger partial charge in [0.15, 0.2) is 0 Å². The van der Waals surface area contributed by atoms with Crippen LogP contribution in [0.25, 0.3) is 0 Å². The van der Waals surface area contributed by atoms with Gasteiger partial charge in [0.1, 0.15) is 5.82 Å². The second kappa shape index (κ2) is 8.33. The number of hydrogen-bond acceptors (Lipinski definition) is 5. The Balaban J connectivity index is 1.69. The van der Waals surface area contributed by atoms with Gasteiger partial charge in [0, 0.05) is 24.0 Å². The van der Waals surface area contributed by atoms with Gasteiger partial charge in [-0.3, -0.25) is 4.90 Å². The Morgan fingerprint density at radius 1 is 1.41 bits per heavy atom. The molecule has 0 radical (unpaired) electrons. The summed E-state index contributed by atoms with van der Waals surface area (Å²) in [5.74, 6) is -0.284. The predicted molar refractivity (Wildman–Crippen MR) is 85.2 cm³/mol. The fraction of sp³-hybridized carbons (Fsp3) is 0.438. The van der Waals surface area contributed by atoms with E-state index in [1.807, 2.05) is 24.3 Å². The van der Waals surface area contributed by atoms with E-state index in [1.54, 1.807) is 29.5 Å². The van der Waals surface area contributed by atoms with E-state index in [9.17, 15) is 9.50 Å². The van der Waals surface area contributed by atoms with Crippen molar-refractivity contribution in [2.45, 2.75) is 26.2 Å². The summed E-state index contributed by atoms with van der Waals surface area (Å²) in [4.78, 5) is 6.38. The molecule has 1 heterocycles. The van der Waals surface area contributed by atoms with Crippen molar-refractivity contribution in [3.63, 3.8) is 0 Å². The number of thiazole rings is 1. The fourth-order valence-electron chi connectivity index (χ4n) is 2.15. The minimum Gasteiger partial charge on any atom is -0.389 e. The van der Waals surface area contributed by atoms with Crippen molar-refractivity contribution in [2.75, 3.05) is 20.2 Å². The molecule has 4 nitrogen and oxygen atoms in total. The molecule has 0 bridgehead atoms. The number of nitrogens with zero attached hydrogens (tertiary/aromatic N) is 2. The number of aryl methyl sites for hydroxylation is 1. The Kier molecular flexibility index (Phi) is 6.45. The zero-order valence-electron chi connectivity index (χ0n) is 12.8. The molecule has 2 rings (SSSR count). The number of hydrogen-bond donors (Lipinski definition) is 1. The predicted octanol–water partition coefficient (Wildman–Crippen LogP) is 2.60. The molecule has 0 aliphatic rings. The third-order valence-corrected chi connectivity index (χ3v) is 3.97. The lowest BCUT2D eigenvalue weighted by Crippen LogP contribution is -2.32. The first-order valence-electron chi connectivity index (χ1n) is 7.13. The van der Waals surface area contributed by atoms with E-state index >= 15 is 0 Å². The van der Waals surface area contributed by atoms with Crippen molar-refractivity contribution in [1.29, 1.82) is 0 Å². The fourth-order valence-corrected chi connectivity index (χ4v) is 2.76. The molecule has 0 fully saturated rings. The first kappa shape index (κ1) is 17.0. The van der Waals surface area contributed by atoms with Crippen molar-refractivity contribution in [3.8, 4) is 0 Å². The quantitative estimate of drug-likeness (QED) is 0.811. The van der Waals surface area contributed by atoms with Crippen molar-refractivity contribution >= 4 is 11.3 Å². The molecule has 22 heavy (non-hydrogen) atoms. The average Bonchev–Trinajstić information content (AvgIpc) is 2.86. The standard InChI is InChI=1S/C16H21FN2O2S/c1-12-18-14(11-22-12)7-19(2)8-15(20)10-21-9-13-5-3-4-6-16(13)17/h3-6,11,15,20H,7-10H2,1-2H3. The highest BCUT2D eigenvalue weighted by Crippen LogP contribution is 2.10. The molecule has 1 unspecified atom stereocenters. The molecule has 1 atom stereocenters. The summed E-state index contributed by atoms with van der Waals surface area (Å²) >= 11 is 1.62. The maximum atomic E-state index is 13.4. The maximum absolute atomic E-state index is 13.4. The molecule has 0 aliphatic heterocycles. The topological polar surface area (TPSA) is 45.6 Å². The summed E-state index contributed by atoms with van der Waals surface area (Å²) in [6.07, 6.45) is -0.614. The van der Waals surface area contributed by atoms with E-state index < -0.39 is 6.10 Å². The number of ether oxygens (including phenoxy) is 1. The van der Waals surface area contributed by atoms with E-state index in [0.29, 0.717) is 18.7 Å². The van der Waals surface area contributed by atoms with Crippen LogP contribution in [0.4, 0.5) is 4.39 Å². The van der Waals surface area contributed by atoms with Crippen LogP contribution in [0, 0.1) is 12.7 Å². The summed E-state index contributed by atoms with van der Waals surface area (Å²) in [6.45, 7) is 3.48. The lowest BCUT2D eigenvalue weighted by atomic mass is 10.2. The van der Waals surface area contributed by atoms with Crippen LogP contribution in [0.15, 0.2) is 29.6 Å². The molecular formula is C16H21FN2O2S. The molecule has 1 aromatic heterocycles. The minimum absolute atomic E-state index is 0.165. The van der Waals surface area contributed by atoms with Crippen LogP contribution in [0.5, 0.6) is 0 Å². The summed E-state index contributed by atoms with van der Waals surface area (Å²) in [6, 6.07) is 6.49. The zero-order valence-corrected chi connectivity index (χ0v) is 13.6. The number of aliphatic hydroxyl groups is 1. The minimum atomic E-state index is -0.614. The molecule has 1 aromatic carbocycles. The molecule has 120 valence electrons. The Bertz CT molecular complexity index is 591. The van der Waals surface area contributed by atoms with Crippen LogP contribution in [0.2, 0.25) is 0 Å². The van der Waals surface area contributed by atoms with Gasteiger partial charge < -0.3 is 9.84 Å². The smallest absolute Gasteiger partial charge is 0.128 e. The van der Waals surface area contributed by atoms with Gasteiger partial charge in [-0.25, -0.2) is 9.37 Å². The van der Waals surface area contributed by atoms with Gasteiger partial charge in [-0.2, -0.15) is 0 Å². The number of halogens is 1. The van der Waals surface area contributed by atoms with Crippen LogP contribution in [0.1, 0.15) is 16.3 Å². The third kappa shape index (κ3) is 5.46. The summed E-state index contributed by atoms with van der Waals surface area (Å²) < 4.78 is 18.8. The van der Waals surface area contributed by atoms with E-state index in [2.05, 4.69) is 4.98 Å². The zero-order chi connectivity index (χ0) is 15.9. The number of likely N-dealkylation sites (N-methyl/N-ethyl adjacent to an activating group) is 1. The van der Waals surface area contributed by atoms with Crippen molar-refractivity contribution < 1.29 is 14.2 Å². The van der Waals surface area contributed by atoms with Gasteiger partial charge in [-0.15, -0.1) is 11.3 Å². The van der Waals surface area contributed by atoms with Crippen molar-refractivity contribution in [1.82, 2.24) is 9.88 Å². The highest BCUT2D eigenvalue weighted by Gasteiger charge is 2.11. The summed E-state index contributed by atoms with van der Waals surface area (Å²) in [5.41, 5.74) is 1.51. The summed E-state index contributed by atoms with van der Waals surface area (Å²) in [5, 5.41) is 13.0. The number of rotatable bonds is 8. The van der Waals surface area contributed by atoms with Gasteiger partial charge in [0.25, 0.3) is 0 Å². The van der Waals surface area contributed by atoms with Gasteiger partial charge in [0.05, 0.1) is 30.0 Å². The second-order valence-electron chi connectivity index (χ2n) is 5.31. The average molecular weight is 324 g/mol. The Hall–Kier alpha value is -1.34. The highest BCUT2D eigenvalue weighted by atomic mass is 32.1. The van der Waals surface area contributed by atoms with E-state index in [-0.39, 0.29) is 19.0 Å². The normalized spacial score (nSPS) is 12.8. The number of benzene rings is 1. The van der Waals surface area contributed by atoms with E-state index in [1.165, 1.54) is 6.07 Å². The van der Waals surface area contributed by atoms with Gasteiger partial charge in [0.2, 0.25) is 0 Å². The van der Waals surface area contributed by atoms with Gasteiger partial charge >= 0.3 is 0 Å². The van der Waals surface area contributed by atoms with Gasteiger partial charge in [-0.1, -0.05) is 18.2 Å². The third-order valence-electron chi connectivity index (χ3n) is 3.15. The maximum Gasteiger partial charge on any atom is 0.128 e. The second-order valence-corrected chi connectivity index (χ2v) is 6.38. The molecule has 0 saturated heterocycles. The monoisotopic (exact) mass is 324 g/mol. The number of aliphatic hydroxyl groups excluding tert-OH is 1. The van der Waals surface area contributed by atoms with E-state index in [4.69, 9.17) is 4.74 Å². The molecule has 0 aliphatic carbocycles. The number of aromatic nitrogens is 1. The van der Waals surface area contributed by atoms with Crippen LogP contribution in [-0.2, 0) is 17.9 Å². The van der Waals surface area contributed by atoms with Gasteiger partial charge in [-0.05, 0) is 20.0 Å². The first-order chi connectivity index (χ1) is 10.5. The SMILES string of the molecule is Cc1nc(CN(C)CC(O)COCc2ccccc2F)cs1. The molecule has 1 N–H and O–H groups in total. The van der Waals surface area contributed by atoms with Crippen molar-refractivity contribution in [2.24, 2.45) is 0 Å². The van der Waals surface area contributed by atoms with E-state index in [0.717, 1.165) is 10.7 Å². The van der Waals surface area contributed by atoms with Crippen molar-refractivity contribution in [3.05, 3.63) is 51.7 Å². The van der Waals surface area contributed by atoms with Crippen LogP contribution >= 0.6 is 11.3 Å². The molecule has 0 spiro atoms. The Morgan fingerprint density at radius 3 is 2.86 bits per heavy atom. The molecule has 0 saturated carbocycles. The molecule has 2 aromatic rings. The molecule has 0 amide bonds. The lowest BCUT2D eigenvalue weighted by molar-refractivity contribution is 0.0118.